The number of ether oxygens (including phenoxy) is 1. The minimum Gasteiger partial charge on any atom is -0.457 e. The molecular weight excluding hydrogens is 328 g/mol. The standard InChI is InChI=1S/C21H20N2O3/c24-15-20(16-8-3-1-4-9-16)23-21(25)22-17-10-7-13-19(14-17)26-18-11-5-2-6-12-18/h1-14,20,24H,15H2,(H2,22,23,25). The molecule has 1 unspecified atom stereocenters. The third-order valence-electron chi connectivity index (χ3n) is 3.76. The van der Waals surface area contributed by atoms with Crippen molar-refractivity contribution in [1.29, 1.82) is 0 Å². The third-order valence-corrected chi connectivity index (χ3v) is 3.76. The molecule has 3 N–H and O–H groups in total. The molecule has 0 fully saturated rings. The van der Waals surface area contributed by atoms with Crippen LogP contribution < -0.4 is 15.4 Å². The Morgan fingerprint density at radius 3 is 2.23 bits per heavy atom. The molecule has 0 aromatic heterocycles. The molecule has 26 heavy (non-hydrogen) atoms. The van der Waals surface area contributed by atoms with Crippen molar-refractivity contribution in [3.63, 3.8) is 0 Å². The number of hydrogen-bond acceptors (Lipinski definition) is 3. The van der Waals surface area contributed by atoms with E-state index in [9.17, 15) is 9.90 Å². The lowest BCUT2D eigenvalue weighted by atomic mass is 10.1. The average molecular weight is 348 g/mol. The van der Waals surface area contributed by atoms with Crippen LogP contribution in [0.1, 0.15) is 11.6 Å². The van der Waals surface area contributed by atoms with Crippen LogP contribution in [0.4, 0.5) is 10.5 Å². The molecule has 5 heteroatoms. The van der Waals surface area contributed by atoms with Gasteiger partial charge in [-0.25, -0.2) is 4.79 Å². The van der Waals surface area contributed by atoms with Crippen LogP contribution >= 0.6 is 0 Å². The summed E-state index contributed by atoms with van der Waals surface area (Å²) in [5, 5.41) is 15.1. The SMILES string of the molecule is O=C(Nc1cccc(Oc2ccccc2)c1)NC(CO)c1ccccc1. The number of nitrogens with one attached hydrogen (secondary N) is 2. The molecule has 0 saturated heterocycles. The summed E-state index contributed by atoms with van der Waals surface area (Å²) >= 11 is 0. The Morgan fingerprint density at radius 1 is 0.885 bits per heavy atom. The van der Waals surface area contributed by atoms with Crippen molar-refractivity contribution < 1.29 is 14.6 Å². The van der Waals surface area contributed by atoms with Crippen LogP contribution in [0.2, 0.25) is 0 Å². The monoisotopic (exact) mass is 348 g/mol. The number of para-hydroxylation sites is 1. The van der Waals surface area contributed by atoms with Gasteiger partial charge < -0.3 is 20.5 Å². The first-order chi connectivity index (χ1) is 12.7. The summed E-state index contributed by atoms with van der Waals surface area (Å²) in [7, 11) is 0. The fourth-order valence-corrected chi connectivity index (χ4v) is 2.51. The van der Waals surface area contributed by atoms with Gasteiger partial charge in [-0.2, -0.15) is 0 Å². The maximum Gasteiger partial charge on any atom is 0.319 e. The van der Waals surface area contributed by atoms with Crippen LogP contribution in [0, 0.1) is 0 Å². The van der Waals surface area contributed by atoms with Crippen LogP contribution in [0.15, 0.2) is 84.9 Å². The molecule has 0 heterocycles. The van der Waals surface area contributed by atoms with E-state index >= 15 is 0 Å². The summed E-state index contributed by atoms with van der Waals surface area (Å²) in [6.45, 7) is -0.186. The van der Waals surface area contributed by atoms with Crippen molar-refractivity contribution in [2.24, 2.45) is 0 Å². The molecule has 0 aliphatic rings. The van der Waals surface area contributed by atoms with Gasteiger partial charge in [0.05, 0.1) is 12.6 Å². The first-order valence-electron chi connectivity index (χ1n) is 8.31. The molecule has 1 atom stereocenters. The first-order valence-corrected chi connectivity index (χ1v) is 8.31. The van der Waals surface area contributed by atoms with E-state index < -0.39 is 12.1 Å². The maximum absolute atomic E-state index is 12.3. The largest absolute Gasteiger partial charge is 0.457 e. The zero-order valence-electron chi connectivity index (χ0n) is 14.1. The second kappa shape index (κ2) is 8.69. The van der Waals surface area contributed by atoms with E-state index in [4.69, 9.17) is 4.74 Å². The number of anilines is 1. The van der Waals surface area contributed by atoms with Crippen molar-refractivity contribution in [3.8, 4) is 11.5 Å². The Labute approximate surface area is 152 Å². The van der Waals surface area contributed by atoms with Gasteiger partial charge in [0.15, 0.2) is 0 Å². The number of amides is 2. The Bertz CT molecular complexity index is 838. The number of carbonyl (C=O) groups is 1. The number of urea groups is 1. The van der Waals surface area contributed by atoms with Gasteiger partial charge in [-0.1, -0.05) is 54.6 Å². The summed E-state index contributed by atoms with van der Waals surface area (Å²) in [6.07, 6.45) is 0. The van der Waals surface area contributed by atoms with E-state index in [0.717, 1.165) is 11.3 Å². The fourth-order valence-electron chi connectivity index (χ4n) is 2.51. The molecule has 0 bridgehead atoms. The highest BCUT2D eigenvalue weighted by atomic mass is 16.5. The molecule has 132 valence electrons. The van der Waals surface area contributed by atoms with E-state index in [-0.39, 0.29) is 6.61 Å². The zero-order valence-corrected chi connectivity index (χ0v) is 14.1. The number of carbonyl (C=O) groups excluding carboxylic acids is 1. The molecule has 2 amide bonds. The maximum atomic E-state index is 12.3. The van der Waals surface area contributed by atoms with Gasteiger partial charge in [-0.15, -0.1) is 0 Å². The summed E-state index contributed by atoms with van der Waals surface area (Å²) in [4.78, 5) is 12.3. The molecule has 3 rings (SSSR count). The molecule has 0 aliphatic carbocycles. The van der Waals surface area contributed by atoms with Crippen LogP contribution in [0.25, 0.3) is 0 Å². The minimum atomic E-state index is -0.472. The second-order valence-electron chi connectivity index (χ2n) is 5.69. The van der Waals surface area contributed by atoms with Gasteiger partial charge in [0, 0.05) is 11.8 Å². The van der Waals surface area contributed by atoms with Gasteiger partial charge in [0.25, 0.3) is 0 Å². The third kappa shape index (κ3) is 4.84. The highest BCUT2D eigenvalue weighted by molar-refractivity contribution is 5.89. The van der Waals surface area contributed by atoms with Crippen LogP contribution in [0.3, 0.4) is 0 Å². The Hall–Kier alpha value is -3.31. The van der Waals surface area contributed by atoms with E-state index in [1.54, 1.807) is 18.2 Å². The average Bonchev–Trinajstić information content (AvgIpc) is 2.68. The molecule has 0 spiro atoms. The lowest BCUT2D eigenvalue weighted by molar-refractivity contribution is 0.225. The summed E-state index contributed by atoms with van der Waals surface area (Å²) in [5.41, 5.74) is 1.44. The van der Waals surface area contributed by atoms with Crippen molar-refractivity contribution in [2.75, 3.05) is 11.9 Å². The van der Waals surface area contributed by atoms with Crippen LogP contribution in [0.5, 0.6) is 11.5 Å². The molecule has 3 aromatic carbocycles. The Morgan fingerprint density at radius 2 is 1.54 bits per heavy atom. The van der Waals surface area contributed by atoms with Gasteiger partial charge in [0.2, 0.25) is 0 Å². The number of hydrogen-bond donors (Lipinski definition) is 3. The summed E-state index contributed by atoms with van der Waals surface area (Å²) in [6, 6.07) is 25.0. The van der Waals surface area contributed by atoms with Gasteiger partial charge in [-0.05, 0) is 29.8 Å². The van der Waals surface area contributed by atoms with E-state index in [1.165, 1.54) is 0 Å². The lowest BCUT2D eigenvalue weighted by Crippen LogP contribution is -2.34. The molecule has 5 nitrogen and oxygen atoms in total. The Kier molecular flexibility index (Phi) is 5.85. The predicted molar refractivity (Wildman–Crippen MR) is 101 cm³/mol. The molecule has 0 saturated carbocycles. The normalized spacial score (nSPS) is 11.4. The highest BCUT2D eigenvalue weighted by Crippen LogP contribution is 2.24. The molecule has 0 radical (unpaired) electrons. The van der Waals surface area contributed by atoms with E-state index in [0.29, 0.717) is 11.4 Å². The summed E-state index contributed by atoms with van der Waals surface area (Å²) in [5.74, 6) is 1.34. The number of rotatable bonds is 6. The van der Waals surface area contributed by atoms with E-state index in [1.807, 2.05) is 66.7 Å². The number of aliphatic hydroxyl groups excluding tert-OH is 1. The Balaban J connectivity index is 1.63. The number of benzene rings is 3. The summed E-state index contributed by atoms with van der Waals surface area (Å²) < 4.78 is 5.76. The lowest BCUT2D eigenvalue weighted by Gasteiger charge is -2.17. The van der Waals surface area contributed by atoms with Crippen molar-refractivity contribution in [2.45, 2.75) is 6.04 Å². The predicted octanol–water partition coefficient (Wildman–Crippen LogP) is 4.33. The van der Waals surface area contributed by atoms with Gasteiger partial charge in [-0.3, -0.25) is 0 Å². The van der Waals surface area contributed by atoms with Gasteiger partial charge >= 0.3 is 6.03 Å². The van der Waals surface area contributed by atoms with Crippen molar-refractivity contribution in [1.82, 2.24) is 5.32 Å². The number of aliphatic hydroxyl groups is 1. The zero-order chi connectivity index (χ0) is 18.2. The van der Waals surface area contributed by atoms with Crippen LogP contribution in [-0.4, -0.2) is 17.7 Å². The van der Waals surface area contributed by atoms with Gasteiger partial charge in [0.1, 0.15) is 11.5 Å². The first kappa shape index (κ1) is 17.5. The molecular formula is C21H20N2O3. The smallest absolute Gasteiger partial charge is 0.319 e. The second-order valence-corrected chi connectivity index (χ2v) is 5.69. The van der Waals surface area contributed by atoms with Crippen LogP contribution in [-0.2, 0) is 0 Å². The quantitative estimate of drug-likeness (QED) is 0.621. The highest BCUT2D eigenvalue weighted by Gasteiger charge is 2.13. The fraction of sp³-hybridized carbons (Fsp3) is 0.0952. The molecule has 3 aromatic rings. The minimum absolute atomic E-state index is 0.186. The van der Waals surface area contributed by atoms with E-state index in [2.05, 4.69) is 10.6 Å². The van der Waals surface area contributed by atoms with Crippen molar-refractivity contribution >= 4 is 11.7 Å². The molecule has 0 aliphatic heterocycles. The van der Waals surface area contributed by atoms with Crippen molar-refractivity contribution in [3.05, 3.63) is 90.5 Å². The topological polar surface area (TPSA) is 70.6 Å².